The summed E-state index contributed by atoms with van der Waals surface area (Å²) in [5.74, 6) is 0.295. The Morgan fingerprint density at radius 3 is 0.697 bits per heavy atom. The summed E-state index contributed by atoms with van der Waals surface area (Å²) in [6.07, 6.45) is 72.3. The van der Waals surface area contributed by atoms with Gasteiger partial charge >= 0.3 is 39.5 Å². The van der Waals surface area contributed by atoms with Crippen LogP contribution in [-0.2, 0) is 65.4 Å². The van der Waals surface area contributed by atoms with Crippen LogP contribution in [0.1, 0.15) is 479 Å². The van der Waals surface area contributed by atoms with Crippen molar-refractivity contribution in [1.29, 1.82) is 0 Å². The number of carbonyl (C=O) groups is 4. The maximum absolute atomic E-state index is 13.2. The Kier molecular flexibility index (Phi) is 78.5. The zero-order valence-electron chi connectivity index (χ0n) is 72.0. The molecular weight excluding hydrogens is 1410 g/mol. The number of aliphatic hydroxyl groups excluding tert-OH is 1. The summed E-state index contributed by atoms with van der Waals surface area (Å²) in [7, 11) is -9.93. The fourth-order valence-electron chi connectivity index (χ4n) is 14.0. The minimum atomic E-state index is -4.97. The maximum Gasteiger partial charge on any atom is 0.472 e. The molecule has 17 nitrogen and oxygen atoms in total. The van der Waals surface area contributed by atoms with E-state index < -0.39 is 97.5 Å². The van der Waals surface area contributed by atoms with Crippen LogP contribution in [0, 0.1) is 17.8 Å². The molecule has 0 radical (unpaired) electrons. The molecule has 0 aliphatic carbocycles. The van der Waals surface area contributed by atoms with Crippen molar-refractivity contribution < 1.29 is 80.2 Å². The minimum absolute atomic E-state index is 0.107. The molecule has 0 aromatic heterocycles. The monoisotopic (exact) mass is 1590 g/mol. The Morgan fingerprint density at radius 1 is 0.266 bits per heavy atom. The topological polar surface area (TPSA) is 237 Å². The third-order valence-electron chi connectivity index (χ3n) is 21.9. The van der Waals surface area contributed by atoms with Gasteiger partial charge < -0.3 is 33.8 Å². The number of carbonyl (C=O) groups excluding carboxylic acids is 4. The molecule has 0 aliphatic rings. The van der Waals surface area contributed by atoms with Gasteiger partial charge in [0, 0.05) is 25.7 Å². The number of phosphoric ester groups is 2. The lowest BCUT2D eigenvalue weighted by Gasteiger charge is -2.21. The molecule has 4 unspecified atom stereocenters. The Morgan fingerprint density at radius 2 is 0.468 bits per heavy atom. The first-order chi connectivity index (χ1) is 52.8. The van der Waals surface area contributed by atoms with Crippen LogP contribution in [0.3, 0.4) is 0 Å². The molecule has 0 heterocycles. The van der Waals surface area contributed by atoms with Gasteiger partial charge in [0.25, 0.3) is 0 Å². The molecule has 0 saturated carbocycles. The van der Waals surface area contributed by atoms with Gasteiger partial charge in [-0.15, -0.1) is 0 Å². The summed E-state index contributed by atoms with van der Waals surface area (Å²) in [5.41, 5.74) is 0. The highest BCUT2D eigenvalue weighted by atomic mass is 31.2. The fourth-order valence-corrected chi connectivity index (χ4v) is 15.6. The SMILES string of the molecule is CCCCCCCCCCCCCCCCCCCCCCC(=O)OC[C@H](COP(=O)(O)OC[C@@H](O)COP(=O)(O)OC[C@@H](COC(=O)CCCCCCCCC(C)CC)OC(=O)CCCCCCCCCCCCCCCCC(C)C)OC(=O)CCCCCCCCCCCCCCCCCCCCC(C)CC. The van der Waals surface area contributed by atoms with E-state index >= 15 is 0 Å². The third-order valence-corrected chi connectivity index (χ3v) is 23.8. The summed E-state index contributed by atoms with van der Waals surface area (Å²) < 4.78 is 69.0. The van der Waals surface area contributed by atoms with Crippen molar-refractivity contribution in [2.45, 2.75) is 497 Å². The summed E-state index contributed by atoms with van der Waals surface area (Å²) >= 11 is 0. The number of aliphatic hydroxyl groups is 1. The van der Waals surface area contributed by atoms with E-state index in [9.17, 15) is 43.2 Å². The quantitative estimate of drug-likeness (QED) is 0.0222. The van der Waals surface area contributed by atoms with Crippen LogP contribution in [-0.4, -0.2) is 96.7 Å². The summed E-state index contributed by atoms with van der Waals surface area (Å²) in [5, 5.41) is 10.7. The molecular formula is C90H176O17P2. The molecule has 19 heteroatoms. The molecule has 0 aromatic carbocycles. The number of phosphoric acid groups is 2. The van der Waals surface area contributed by atoms with Gasteiger partial charge in [-0.1, -0.05) is 427 Å². The molecule has 3 N–H and O–H groups in total. The van der Waals surface area contributed by atoms with Crippen molar-refractivity contribution in [3.63, 3.8) is 0 Å². The lowest BCUT2D eigenvalue weighted by molar-refractivity contribution is -0.161. The van der Waals surface area contributed by atoms with Crippen LogP contribution in [0.4, 0.5) is 0 Å². The van der Waals surface area contributed by atoms with Crippen molar-refractivity contribution >= 4 is 39.5 Å². The van der Waals surface area contributed by atoms with E-state index in [1.165, 1.54) is 283 Å². The molecule has 0 aliphatic heterocycles. The molecule has 0 saturated heterocycles. The number of ether oxygens (including phenoxy) is 4. The summed E-state index contributed by atoms with van der Waals surface area (Å²) in [6.45, 7) is 12.0. The highest BCUT2D eigenvalue weighted by Gasteiger charge is 2.31. The Hall–Kier alpha value is -1.94. The Labute approximate surface area is 670 Å². The number of hydrogen-bond acceptors (Lipinski definition) is 15. The van der Waals surface area contributed by atoms with E-state index in [0.717, 1.165) is 114 Å². The molecule has 7 atom stereocenters. The third kappa shape index (κ3) is 81.0. The van der Waals surface area contributed by atoms with Gasteiger partial charge in [0.2, 0.25) is 0 Å². The molecule has 0 rings (SSSR count). The smallest absolute Gasteiger partial charge is 0.462 e. The highest BCUT2D eigenvalue weighted by molar-refractivity contribution is 7.47. The van der Waals surface area contributed by atoms with Crippen LogP contribution in [0.2, 0.25) is 0 Å². The summed E-state index contributed by atoms with van der Waals surface area (Å²) in [6, 6.07) is 0. The van der Waals surface area contributed by atoms with Gasteiger partial charge in [0.05, 0.1) is 26.4 Å². The van der Waals surface area contributed by atoms with Gasteiger partial charge in [-0.05, 0) is 43.4 Å². The van der Waals surface area contributed by atoms with E-state index in [2.05, 4.69) is 48.5 Å². The van der Waals surface area contributed by atoms with Gasteiger partial charge in [0.1, 0.15) is 19.3 Å². The second-order valence-corrected chi connectivity index (χ2v) is 36.2. The second kappa shape index (κ2) is 79.9. The molecule has 109 heavy (non-hydrogen) atoms. The fraction of sp³-hybridized carbons (Fsp3) is 0.956. The van der Waals surface area contributed by atoms with E-state index in [-0.39, 0.29) is 25.7 Å². The average molecular weight is 1590 g/mol. The van der Waals surface area contributed by atoms with E-state index in [4.69, 9.17) is 37.0 Å². The van der Waals surface area contributed by atoms with E-state index in [1.807, 2.05) is 0 Å². The minimum Gasteiger partial charge on any atom is -0.462 e. The molecule has 0 bridgehead atoms. The average Bonchev–Trinajstić information content (AvgIpc) is 0.901. The lowest BCUT2D eigenvalue weighted by atomic mass is 9.99. The zero-order valence-corrected chi connectivity index (χ0v) is 73.8. The second-order valence-electron chi connectivity index (χ2n) is 33.3. The molecule has 648 valence electrons. The van der Waals surface area contributed by atoms with Crippen molar-refractivity contribution in [2.75, 3.05) is 39.6 Å². The predicted molar refractivity (Wildman–Crippen MR) is 451 cm³/mol. The van der Waals surface area contributed by atoms with Crippen LogP contribution >= 0.6 is 15.6 Å². The first-order valence-corrected chi connectivity index (χ1v) is 49.4. The van der Waals surface area contributed by atoms with Crippen molar-refractivity contribution in [3.8, 4) is 0 Å². The largest absolute Gasteiger partial charge is 0.472 e. The lowest BCUT2D eigenvalue weighted by Crippen LogP contribution is -2.30. The first kappa shape index (κ1) is 107. The Balaban J connectivity index is 5.22. The predicted octanol–water partition coefficient (Wildman–Crippen LogP) is 27.6. The van der Waals surface area contributed by atoms with Crippen LogP contribution in [0.5, 0.6) is 0 Å². The van der Waals surface area contributed by atoms with Crippen LogP contribution in [0.15, 0.2) is 0 Å². The van der Waals surface area contributed by atoms with Gasteiger partial charge in [-0.25, -0.2) is 9.13 Å². The van der Waals surface area contributed by atoms with E-state index in [1.54, 1.807) is 0 Å². The number of unbranched alkanes of at least 4 members (excludes halogenated alkanes) is 54. The van der Waals surface area contributed by atoms with Crippen LogP contribution in [0.25, 0.3) is 0 Å². The summed E-state index contributed by atoms with van der Waals surface area (Å²) in [4.78, 5) is 73.3. The molecule has 0 amide bonds. The Bertz CT molecular complexity index is 2100. The maximum atomic E-state index is 13.2. The zero-order chi connectivity index (χ0) is 80.0. The molecule has 0 spiro atoms. The normalized spacial score (nSPS) is 14.3. The standard InChI is InChI=1S/C90H176O17P2/c1-8-11-12-13-14-15-16-17-18-19-20-21-25-28-34-39-44-49-57-64-71-87(92)100-77-85(106-89(94)73-66-59-50-45-40-35-29-26-23-22-24-27-33-38-43-48-55-62-69-82(6)9-2)79-104-108(96,97)102-75-84(91)76-103-109(98,99)105-80-86(78-101-88(93)72-65-58-53-52-56-63-70-83(7)10-3)107-90(95)74-67-60-51-46-41-36-31-30-32-37-42-47-54-61-68-81(4)5/h81-86,91H,8-80H2,1-7H3,(H,96,97)(H,98,99)/t82?,83?,84-,85-,86-/m1/s1. The van der Waals surface area contributed by atoms with Crippen LogP contribution < -0.4 is 0 Å². The van der Waals surface area contributed by atoms with Gasteiger partial charge in [-0.2, -0.15) is 0 Å². The molecule has 0 aromatic rings. The highest BCUT2D eigenvalue weighted by Crippen LogP contribution is 2.45. The van der Waals surface area contributed by atoms with Crippen molar-refractivity contribution in [2.24, 2.45) is 17.8 Å². The van der Waals surface area contributed by atoms with Crippen molar-refractivity contribution in [3.05, 3.63) is 0 Å². The van der Waals surface area contributed by atoms with E-state index in [0.29, 0.717) is 25.7 Å². The van der Waals surface area contributed by atoms with Gasteiger partial charge in [-0.3, -0.25) is 37.3 Å². The first-order valence-electron chi connectivity index (χ1n) is 46.4. The number of esters is 4. The van der Waals surface area contributed by atoms with Gasteiger partial charge in [0.15, 0.2) is 12.2 Å². The molecule has 0 fully saturated rings. The number of hydrogen-bond donors (Lipinski definition) is 3. The van der Waals surface area contributed by atoms with Crippen molar-refractivity contribution in [1.82, 2.24) is 0 Å². The number of rotatable bonds is 88.